The molecule has 8 nitrogen and oxygen atoms in total. The number of hydroxylamine groups is 1. The second kappa shape index (κ2) is 14.5. The standard InChI is InChI=1S/C30H49N3O5/c1-23-19-24(10-12-28(35)32-36)9-11-25(23)13-16-33-17-14-26(15-18-33)31-30(20-34,22-38-29(2,3)4)21-37-27-7-5-6-8-27/h9-12,19-20,23,25-27,31,36H,5-8,13-18,21-22H2,1-4H3,(H,32,35)/b12-10+/t23?,25?,30-/m0/s1. The quantitative estimate of drug-likeness (QED) is 0.143. The van der Waals surface area contributed by atoms with Crippen molar-refractivity contribution < 1.29 is 24.3 Å². The maximum absolute atomic E-state index is 12.4. The maximum Gasteiger partial charge on any atom is 0.267 e. The van der Waals surface area contributed by atoms with Crippen LogP contribution in [0.1, 0.15) is 72.6 Å². The number of hydrogen-bond donors (Lipinski definition) is 3. The Morgan fingerprint density at radius 1 is 1.16 bits per heavy atom. The molecule has 2 fully saturated rings. The largest absolute Gasteiger partial charge is 0.376 e. The number of nitrogens with one attached hydrogen (secondary N) is 2. The summed E-state index contributed by atoms with van der Waals surface area (Å²) in [4.78, 5) is 26.2. The van der Waals surface area contributed by atoms with Crippen LogP contribution in [0.4, 0.5) is 0 Å². The lowest BCUT2D eigenvalue weighted by Gasteiger charge is -2.40. The molecule has 0 aromatic heterocycles. The molecular formula is C30H49N3O5. The van der Waals surface area contributed by atoms with Crippen LogP contribution < -0.4 is 10.8 Å². The van der Waals surface area contributed by atoms with Crippen LogP contribution in [0.3, 0.4) is 0 Å². The maximum atomic E-state index is 12.4. The lowest BCUT2D eigenvalue weighted by molar-refractivity contribution is -0.126. The average molecular weight is 532 g/mol. The van der Waals surface area contributed by atoms with Crippen LogP contribution in [0.15, 0.2) is 36.0 Å². The highest BCUT2D eigenvalue weighted by atomic mass is 16.5. The number of amides is 1. The molecule has 1 heterocycles. The first-order valence-corrected chi connectivity index (χ1v) is 14.4. The minimum absolute atomic E-state index is 0.255. The summed E-state index contributed by atoms with van der Waals surface area (Å²) in [5, 5.41) is 12.3. The van der Waals surface area contributed by atoms with Crippen LogP contribution in [0.5, 0.6) is 0 Å². The predicted octanol–water partition coefficient (Wildman–Crippen LogP) is 3.95. The first-order valence-electron chi connectivity index (χ1n) is 14.4. The Morgan fingerprint density at radius 3 is 2.47 bits per heavy atom. The normalized spacial score (nSPS) is 25.4. The summed E-state index contributed by atoms with van der Waals surface area (Å²) in [5.41, 5.74) is 1.45. The molecule has 214 valence electrons. The van der Waals surface area contributed by atoms with Gasteiger partial charge in [0.15, 0.2) is 0 Å². The van der Waals surface area contributed by atoms with E-state index < -0.39 is 11.4 Å². The Hall–Kier alpha value is -1.84. The molecule has 0 aromatic rings. The lowest BCUT2D eigenvalue weighted by Crippen LogP contribution is -2.60. The van der Waals surface area contributed by atoms with Crippen LogP contribution in [0, 0.1) is 11.8 Å². The number of piperidine rings is 1. The van der Waals surface area contributed by atoms with E-state index in [2.05, 4.69) is 29.3 Å². The molecule has 3 atom stereocenters. The van der Waals surface area contributed by atoms with Crippen molar-refractivity contribution in [3.05, 3.63) is 36.0 Å². The summed E-state index contributed by atoms with van der Waals surface area (Å²) < 4.78 is 12.3. The third-order valence-corrected chi connectivity index (χ3v) is 7.93. The average Bonchev–Trinajstić information content (AvgIpc) is 3.42. The number of likely N-dealkylation sites (tertiary alicyclic amines) is 1. The van der Waals surface area contributed by atoms with Crippen LogP contribution >= 0.6 is 0 Å². The highest BCUT2D eigenvalue weighted by Gasteiger charge is 2.37. The molecule has 2 aliphatic carbocycles. The SMILES string of the molecule is CC1C=C(/C=C/C(=O)NO)C=CC1CCN1CCC(N[C@@](C=O)(COC2CCCC2)COC(C)(C)C)CC1. The Bertz CT molecular complexity index is 850. The van der Waals surface area contributed by atoms with Crippen molar-refractivity contribution >= 4 is 12.2 Å². The van der Waals surface area contributed by atoms with Crippen molar-refractivity contribution in [1.29, 1.82) is 0 Å². The summed E-state index contributed by atoms with van der Waals surface area (Å²) in [6.07, 6.45) is 18.4. The number of ether oxygens (including phenoxy) is 2. The Labute approximate surface area is 228 Å². The van der Waals surface area contributed by atoms with E-state index in [0.29, 0.717) is 25.0 Å². The first-order chi connectivity index (χ1) is 18.1. The van der Waals surface area contributed by atoms with Gasteiger partial charge in [0.1, 0.15) is 11.8 Å². The van der Waals surface area contributed by atoms with Gasteiger partial charge in [-0.15, -0.1) is 0 Å². The predicted molar refractivity (Wildman–Crippen MR) is 149 cm³/mol. The van der Waals surface area contributed by atoms with E-state index in [1.807, 2.05) is 26.8 Å². The van der Waals surface area contributed by atoms with Gasteiger partial charge in [-0.05, 0) is 96.0 Å². The van der Waals surface area contributed by atoms with Crippen molar-refractivity contribution in [1.82, 2.24) is 15.7 Å². The number of aldehydes is 1. The zero-order valence-electron chi connectivity index (χ0n) is 23.8. The van der Waals surface area contributed by atoms with Crippen LogP contribution in [-0.2, 0) is 19.1 Å². The molecule has 1 amide bonds. The molecule has 1 aliphatic heterocycles. The molecule has 3 rings (SSSR count). The van der Waals surface area contributed by atoms with Gasteiger partial charge in [0, 0.05) is 12.1 Å². The smallest absolute Gasteiger partial charge is 0.267 e. The van der Waals surface area contributed by atoms with Gasteiger partial charge in [-0.1, -0.05) is 38.0 Å². The highest BCUT2D eigenvalue weighted by Crippen LogP contribution is 2.27. The minimum Gasteiger partial charge on any atom is -0.376 e. The van der Waals surface area contributed by atoms with Crippen molar-refractivity contribution in [3.8, 4) is 0 Å². The second-order valence-electron chi connectivity index (χ2n) is 12.3. The van der Waals surface area contributed by atoms with Crippen molar-refractivity contribution in [2.45, 2.75) is 95.9 Å². The molecule has 3 aliphatic rings. The van der Waals surface area contributed by atoms with E-state index in [4.69, 9.17) is 14.7 Å². The third-order valence-electron chi connectivity index (χ3n) is 7.93. The number of carbonyl (C=O) groups excluding carboxylic acids is 2. The summed E-state index contributed by atoms with van der Waals surface area (Å²) in [7, 11) is 0. The molecule has 1 saturated heterocycles. The van der Waals surface area contributed by atoms with E-state index in [9.17, 15) is 9.59 Å². The summed E-state index contributed by atoms with van der Waals surface area (Å²) >= 11 is 0. The second-order valence-corrected chi connectivity index (χ2v) is 12.3. The number of hydrogen-bond acceptors (Lipinski definition) is 7. The number of allylic oxidation sites excluding steroid dienone is 5. The molecule has 0 spiro atoms. The van der Waals surface area contributed by atoms with Crippen LogP contribution in [0.2, 0.25) is 0 Å². The molecule has 8 heteroatoms. The number of nitrogens with zero attached hydrogens (tertiary/aromatic N) is 1. The highest BCUT2D eigenvalue weighted by molar-refractivity contribution is 5.87. The van der Waals surface area contributed by atoms with Crippen LogP contribution in [0.25, 0.3) is 0 Å². The lowest BCUT2D eigenvalue weighted by atomic mass is 9.84. The van der Waals surface area contributed by atoms with Crippen molar-refractivity contribution in [2.75, 3.05) is 32.8 Å². The molecule has 2 unspecified atom stereocenters. The van der Waals surface area contributed by atoms with Gasteiger partial charge in [-0.3, -0.25) is 15.3 Å². The topological polar surface area (TPSA) is 100 Å². The molecule has 0 bridgehead atoms. The molecule has 3 N–H and O–H groups in total. The molecule has 0 radical (unpaired) electrons. The van der Waals surface area contributed by atoms with Gasteiger partial charge in [-0.25, -0.2) is 5.48 Å². The van der Waals surface area contributed by atoms with E-state index in [-0.39, 0.29) is 17.7 Å². The third kappa shape index (κ3) is 10.0. The Balaban J connectivity index is 1.46. The van der Waals surface area contributed by atoms with E-state index in [1.54, 1.807) is 11.6 Å². The van der Waals surface area contributed by atoms with Gasteiger partial charge in [-0.2, -0.15) is 0 Å². The molecule has 38 heavy (non-hydrogen) atoms. The van der Waals surface area contributed by atoms with E-state index in [0.717, 1.165) is 63.6 Å². The van der Waals surface area contributed by atoms with Crippen LogP contribution in [-0.4, -0.2) is 78.4 Å². The molecule has 0 aromatic carbocycles. The van der Waals surface area contributed by atoms with E-state index in [1.165, 1.54) is 18.9 Å². The Morgan fingerprint density at radius 2 is 1.87 bits per heavy atom. The van der Waals surface area contributed by atoms with Gasteiger partial charge >= 0.3 is 0 Å². The monoisotopic (exact) mass is 531 g/mol. The first kappa shape index (κ1) is 30.7. The van der Waals surface area contributed by atoms with Gasteiger partial charge in [0.05, 0.1) is 24.9 Å². The van der Waals surface area contributed by atoms with Gasteiger partial charge in [0.25, 0.3) is 5.91 Å². The fourth-order valence-electron chi connectivity index (χ4n) is 5.51. The number of rotatable bonds is 13. The van der Waals surface area contributed by atoms with Gasteiger partial charge < -0.3 is 19.2 Å². The molecule has 1 saturated carbocycles. The Kier molecular flexibility index (Phi) is 11.7. The van der Waals surface area contributed by atoms with Gasteiger partial charge in [0.2, 0.25) is 0 Å². The summed E-state index contributed by atoms with van der Waals surface area (Å²) in [6, 6.07) is 0.258. The molecular weight excluding hydrogens is 482 g/mol. The fourth-order valence-corrected chi connectivity index (χ4v) is 5.51. The minimum atomic E-state index is -0.818. The zero-order chi connectivity index (χ0) is 27.6. The summed E-state index contributed by atoms with van der Waals surface area (Å²) in [5.74, 6) is 0.312. The fraction of sp³-hybridized carbons (Fsp3) is 0.733. The number of carbonyl (C=O) groups is 2. The summed E-state index contributed by atoms with van der Waals surface area (Å²) in [6.45, 7) is 12.0. The van der Waals surface area contributed by atoms with E-state index >= 15 is 0 Å². The van der Waals surface area contributed by atoms with Crippen molar-refractivity contribution in [2.24, 2.45) is 11.8 Å². The zero-order valence-corrected chi connectivity index (χ0v) is 23.8. The van der Waals surface area contributed by atoms with Crippen molar-refractivity contribution in [3.63, 3.8) is 0 Å².